The molecule has 0 radical (unpaired) electrons. The van der Waals surface area contributed by atoms with Gasteiger partial charge in [0.2, 0.25) is 5.91 Å². The molecule has 24 heavy (non-hydrogen) atoms. The van der Waals surface area contributed by atoms with Gasteiger partial charge < -0.3 is 15.0 Å². The number of nitrogens with zero attached hydrogens (tertiary/aromatic N) is 1. The maximum atomic E-state index is 13.9. The lowest BCUT2D eigenvalue weighted by Crippen LogP contribution is -2.38. The van der Waals surface area contributed by atoms with Gasteiger partial charge in [0.05, 0.1) is 23.3 Å². The predicted octanol–water partition coefficient (Wildman–Crippen LogP) is 3.49. The summed E-state index contributed by atoms with van der Waals surface area (Å²) >= 11 is 3.45. The Hall–Kier alpha value is -1.92. The number of hydrogen-bond acceptors (Lipinski definition) is 3. The number of halogens is 2. The van der Waals surface area contributed by atoms with Gasteiger partial charge in [0, 0.05) is 13.1 Å². The molecule has 126 valence electrons. The van der Waals surface area contributed by atoms with E-state index in [0.717, 1.165) is 15.8 Å². The second-order valence-electron chi connectivity index (χ2n) is 5.63. The Morgan fingerprint density at radius 2 is 2.12 bits per heavy atom. The highest BCUT2D eigenvalue weighted by Gasteiger charge is 2.33. The van der Waals surface area contributed by atoms with Crippen LogP contribution in [-0.4, -0.2) is 25.6 Å². The third-order valence-electron chi connectivity index (χ3n) is 4.12. The largest absolute Gasteiger partial charge is 0.496 e. The molecule has 2 aromatic carbocycles. The molecule has 4 nitrogen and oxygen atoms in total. The summed E-state index contributed by atoms with van der Waals surface area (Å²) in [6.07, 6.45) is 0.657. The maximum absolute atomic E-state index is 13.9. The number of amides is 1. The number of rotatable bonds is 5. The van der Waals surface area contributed by atoms with E-state index in [1.807, 2.05) is 18.2 Å². The van der Waals surface area contributed by atoms with Gasteiger partial charge in [-0.05, 0) is 52.2 Å². The molecule has 1 heterocycles. The minimum atomic E-state index is -0.370. The molecular formula is C18H18BrFN2O2. The number of carbonyl (C=O) groups is 1. The van der Waals surface area contributed by atoms with Crippen molar-refractivity contribution in [2.75, 3.05) is 18.6 Å². The fourth-order valence-corrected chi connectivity index (χ4v) is 3.43. The molecule has 1 atom stereocenters. The van der Waals surface area contributed by atoms with E-state index in [4.69, 9.17) is 4.74 Å². The normalized spacial score (nSPS) is 17.4. The quantitative estimate of drug-likeness (QED) is 0.846. The van der Waals surface area contributed by atoms with Crippen LogP contribution in [-0.2, 0) is 11.3 Å². The Bertz CT molecular complexity index is 754. The number of nitrogens with one attached hydrogen (secondary N) is 1. The van der Waals surface area contributed by atoms with Crippen LogP contribution in [0.3, 0.4) is 0 Å². The molecule has 0 bridgehead atoms. The number of methoxy groups -OCH3 is 1. The molecule has 1 amide bonds. The highest BCUT2D eigenvalue weighted by Crippen LogP contribution is 2.27. The zero-order chi connectivity index (χ0) is 17.1. The Kier molecular flexibility index (Phi) is 5.16. The first-order chi connectivity index (χ1) is 11.6. The number of ether oxygens (including phenoxy) is 1. The Balaban J connectivity index is 1.64. The minimum Gasteiger partial charge on any atom is -0.496 e. The molecule has 2 aromatic rings. The molecular weight excluding hydrogens is 375 g/mol. The summed E-state index contributed by atoms with van der Waals surface area (Å²) in [4.78, 5) is 14.0. The summed E-state index contributed by atoms with van der Waals surface area (Å²) in [7, 11) is 1.62. The SMILES string of the molecule is COc1ccc(CN[C@H]2CCN(c3ccccc3F)C2=O)cc1Br. The van der Waals surface area contributed by atoms with Gasteiger partial charge in [0.25, 0.3) is 0 Å². The fourth-order valence-electron chi connectivity index (χ4n) is 2.84. The maximum Gasteiger partial charge on any atom is 0.244 e. The number of hydrogen-bond donors (Lipinski definition) is 1. The smallest absolute Gasteiger partial charge is 0.244 e. The lowest BCUT2D eigenvalue weighted by molar-refractivity contribution is -0.118. The van der Waals surface area contributed by atoms with Crippen molar-refractivity contribution in [1.29, 1.82) is 0 Å². The monoisotopic (exact) mass is 392 g/mol. The molecule has 1 aliphatic heterocycles. The average molecular weight is 393 g/mol. The second-order valence-corrected chi connectivity index (χ2v) is 6.49. The number of anilines is 1. The van der Waals surface area contributed by atoms with Crippen molar-refractivity contribution in [2.45, 2.75) is 19.0 Å². The molecule has 1 fully saturated rings. The van der Waals surface area contributed by atoms with Gasteiger partial charge in [-0.25, -0.2) is 4.39 Å². The van der Waals surface area contributed by atoms with E-state index in [1.54, 1.807) is 25.3 Å². The Morgan fingerprint density at radius 1 is 1.33 bits per heavy atom. The summed E-state index contributed by atoms with van der Waals surface area (Å²) in [5.41, 5.74) is 1.39. The zero-order valence-corrected chi connectivity index (χ0v) is 14.8. The third-order valence-corrected chi connectivity index (χ3v) is 4.74. The lowest BCUT2D eigenvalue weighted by Gasteiger charge is -2.18. The van der Waals surface area contributed by atoms with Gasteiger partial charge in [-0.3, -0.25) is 4.79 Å². The fraction of sp³-hybridized carbons (Fsp3) is 0.278. The predicted molar refractivity (Wildman–Crippen MR) is 94.7 cm³/mol. The zero-order valence-electron chi connectivity index (χ0n) is 13.3. The van der Waals surface area contributed by atoms with Crippen molar-refractivity contribution >= 4 is 27.5 Å². The standard InChI is InChI=1S/C18H18BrFN2O2/c1-24-17-7-6-12(10-13(17)19)11-21-15-8-9-22(18(15)23)16-5-3-2-4-14(16)20/h2-7,10,15,21H,8-9,11H2,1H3/t15-/m0/s1. The molecule has 3 rings (SSSR count). The first kappa shape index (κ1) is 16.9. The van der Waals surface area contributed by atoms with Gasteiger partial charge >= 0.3 is 0 Å². The van der Waals surface area contributed by atoms with Gasteiger partial charge in [-0.15, -0.1) is 0 Å². The molecule has 1 saturated heterocycles. The summed E-state index contributed by atoms with van der Waals surface area (Å²) < 4.78 is 20.0. The molecule has 1 N–H and O–H groups in total. The minimum absolute atomic E-state index is 0.0901. The van der Waals surface area contributed by atoms with Gasteiger partial charge in [-0.2, -0.15) is 0 Å². The van der Waals surface area contributed by atoms with Crippen LogP contribution < -0.4 is 15.0 Å². The van der Waals surface area contributed by atoms with E-state index in [9.17, 15) is 9.18 Å². The van der Waals surface area contributed by atoms with Crippen LogP contribution in [0.2, 0.25) is 0 Å². The van der Waals surface area contributed by atoms with Crippen molar-refractivity contribution in [3.63, 3.8) is 0 Å². The summed E-state index contributed by atoms with van der Waals surface area (Å²) in [6, 6.07) is 11.9. The van der Waals surface area contributed by atoms with Crippen LogP contribution in [0.5, 0.6) is 5.75 Å². The van der Waals surface area contributed by atoms with E-state index < -0.39 is 0 Å². The van der Waals surface area contributed by atoms with Crippen LogP contribution >= 0.6 is 15.9 Å². The highest BCUT2D eigenvalue weighted by atomic mass is 79.9. The Labute approximate surface area is 148 Å². The van der Waals surface area contributed by atoms with E-state index >= 15 is 0 Å². The van der Waals surface area contributed by atoms with Crippen LogP contribution in [0.25, 0.3) is 0 Å². The molecule has 0 aliphatic carbocycles. The van der Waals surface area contributed by atoms with Crippen molar-refractivity contribution in [3.05, 3.63) is 58.3 Å². The summed E-state index contributed by atoms with van der Waals surface area (Å²) in [5.74, 6) is 0.305. The number of carbonyl (C=O) groups excluding carboxylic acids is 1. The molecule has 0 aromatic heterocycles. The van der Waals surface area contributed by atoms with Crippen LogP contribution in [0.4, 0.5) is 10.1 Å². The van der Waals surface area contributed by atoms with E-state index in [2.05, 4.69) is 21.2 Å². The van der Waals surface area contributed by atoms with Crippen molar-refractivity contribution in [1.82, 2.24) is 5.32 Å². The number of benzene rings is 2. The summed E-state index contributed by atoms with van der Waals surface area (Å²) in [5, 5.41) is 3.26. The van der Waals surface area contributed by atoms with Gasteiger partial charge in [0.15, 0.2) is 0 Å². The van der Waals surface area contributed by atoms with Crippen LogP contribution in [0, 0.1) is 5.82 Å². The second kappa shape index (κ2) is 7.32. The Morgan fingerprint density at radius 3 is 2.83 bits per heavy atom. The third kappa shape index (κ3) is 3.44. The highest BCUT2D eigenvalue weighted by molar-refractivity contribution is 9.10. The molecule has 0 spiro atoms. The van der Waals surface area contributed by atoms with Crippen molar-refractivity contribution < 1.29 is 13.9 Å². The van der Waals surface area contributed by atoms with Crippen molar-refractivity contribution in [3.8, 4) is 5.75 Å². The number of para-hydroxylation sites is 1. The van der Waals surface area contributed by atoms with E-state index in [1.165, 1.54) is 11.0 Å². The molecule has 0 unspecified atom stereocenters. The van der Waals surface area contributed by atoms with E-state index in [-0.39, 0.29) is 17.8 Å². The molecule has 6 heteroatoms. The average Bonchev–Trinajstić information content (AvgIpc) is 2.94. The first-order valence-electron chi connectivity index (χ1n) is 7.72. The van der Waals surface area contributed by atoms with Crippen LogP contribution in [0.15, 0.2) is 46.9 Å². The molecule has 0 saturated carbocycles. The van der Waals surface area contributed by atoms with Gasteiger partial charge in [-0.1, -0.05) is 18.2 Å². The lowest BCUT2D eigenvalue weighted by atomic mass is 10.2. The molecule has 1 aliphatic rings. The van der Waals surface area contributed by atoms with Crippen molar-refractivity contribution in [2.24, 2.45) is 0 Å². The van der Waals surface area contributed by atoms with Crippen LogP contribution in [0.1, 0.15) is 12.0 Å². The first-order valence-corrected chi connectivity index (χ1v) is 8.51. The topological polar surface area (TPSA) is 41.6 Å². The summed E-state index contributed by atoms with van der Waals surface area (Å²) in [6.45, 7) is 1.08. The van der Waals surface area contributed by atoms with Gasteiger partial charge in [0.1, 0.15) is 11.6 Å². The van der Waals surface area contributed by atoms with E-state index in [0.29, 0.717) is 25.2 Å².